The van der Waals surface area contributed by atoms with Crippen LogP contribution in [0.3, 0.4) is 0 Å². The molecule has 5 rings (SSSR count). The standard InChI is InChI=1S/C26H23ClFN3O2S/c1-4-22(33)30-12-14(2)31(15(3)13-30)26-20-11-21(27)23(24(28)25(20)29-34-26)19-10-17(32)9-16-7-5-6-8-18(16)19/h4-11,14-15,32H,1,12-13H2,2-3H3. The summed E-state index contributed by atoms with van der Waals surface area (Å²) < 4.78 is 20.4. The maximum absolute atomic E-state index is 16.0. The minimum atomic E-state index is -0.512. The Balaban J connectivity index is 1.63. The number of aromatic hydroxyl groups is 1. The number of nitrogens with zero attached hydrogens (tertiary/aromatic N) is 3. The van der Waals surface area contributed by atoms with Crippen LogP contribution in [0.15, 0.2) is 55.1 Å². The average Bonchev–Trinajstić information content (AvgIpc) is 3.21. The molecular weight excluding hydrogens is 473 g/mol. The number of aromatic nitrogens is 1. The molecule has 1 amide bonds. The van der Waals surface area contributed by atoms with Crippen LogP contribution in [0.4, 0.5) is 9.39 Å². The van der Waals surface area contributed by atoms with E-state index in [1.165, 1.54) is 23.7 Å². The van der Waals surface area contributed by atoms with Gasteiger partial charge in [0, 0.05) is 36.1 Å². The largest absolute Gasteiger partial charge is 0.508 e. The molecule has 5 nitrogen and oxygen atoms in total. The summed E-state index contributed by atoms with van der Waals surface area (Å²) in [6.07, 6.45) is 1.33. The molecule has 0 saturated carbocycles. The lowest BCUT2D eigenvalue weighted by atomic mass is 9.96. The van der Waals surface area contributed by atoms with Gasteiger partial charge >= 0.3 is 0 Å². The number of phenols is 1. The Bertz CT molecular complexity index is 1440. The van der Waals surface area contributed by atoms with Crippen molar-refractivity contribution in [3.05, 3.63) is 66.0 Å². The van der Waals surface area contributed by atoms with Gasteiger partial charge in [0.05, 0.1) is 5.02 Å². The van der Waals surface area contributed by atoms with Crippen molar-refractivity contribution in [3.63, 3.8) is 0 Å². The topological polar surface area (TPSA) is 56.7 Å². The van der Waals surface area contributed by atoms with Crippen LogP contribution >= 0.6 is 23.1 Å². The lowest BCUT2D eigenvalue weighted by Crippen LogP contribution is -2.57. The van der Waals surface area contributed by atoms with Crippen molar-refractivity contribution in [2.24, 2.45) is 0 Å². The van der Waals surface area contributed by atoms with Gasteiger partial charge in [-0.1, -0.05) is 42.4 Å². The third kappa shape index (κ3) is 3.60. The summed E-state index contributed by atoms with van der Waals surface area (Å²) in [5.41, 5.74) is 0.990. The molecule has 1 aromatic heterocycles. The second-order valence-corrected chi connectivity index (χ2v) is 9.86. The molecule has 2 heterocycles. The monoisotopic (exact) mass is 495 g/mol. The van der Waals surface area contributed by atoms with Gasteiger partial charge in [0.1, 0.15) is 16.3 Å². The maximum atomic E-state index is 16.0. The van der Waals surface area contributed by atoms with E-state index in [0.717, 1.165) is 15.8 Å². The summed E-state index contributed by atoms with van der Waals surface area (Å²) in [7, 11) is 0. The Morgan fingerprint density at radius 1 is 1.21 bits per heavy atom. The number of amides is 1. The molecule has 2 unspecified atom stereocenters. The average molecular weight is 496 g/mol. The molecule has 1 aliphatic rings. The summed E-state index contributed by atoms with van der Waals surface area (Å²) in [5, 5.41) is 13.6. The summed E-state index contributed by atoms with van der Waals surface area (Å²) >= 11 is 7.92. The lowest BCUT2D eigenvalue weighted by molar-refractivity contribution is -0.127. The quantitative estimate of drug-likeness (QED) is 0.342. The summed E-state index contributed by atoms with van der Waals surface area (Å²) in [4.78, 5) is 16.1. The summed E-state index contributed by atoms with van der Waals surface area (Å²) in [6.45, 7) is 8.74. The van der Waals surface area contributed by atoms with Crippen molar-refractivity contribution < 1.29 is 14.3 Å². The highest BCUT2D eigenvalue weighted by atomic mass is 35.5. The van der Waals surface area contributed by atoms with Crippen LogP contribution in [0.1, 0.15) is 13.8 Å². The summed E-state index contributed by atoms with van der Waals surface area (Å²) in [6, 6.07) is 12.4. The molecule has 0 spiro atoms. The minimum absolute atomic E-state index is 0.00725. The molecule has 174 valence electrons. The van der Waals surface area contributed by atoms with E-state index in [-0.39, 0.29) is 39.8 Å². The minimum Gasteiger partial charge on any atom is -0.508 e. The van der Waals surface area contributed by atoms with Gasteiger partial charge < -0.3 is 14.9 Å². The van der Waals surface area contributed by atoms with Crippen LogP contribution in [0.5, 0.6) is 5.75 Å². The van der Waals surface area contributed by atoms with E-state index in [0.29, 0.717) is 24.0 Å². The van der Waals surface area contributed by atoms with Crippen molar-refractivity contribution in [1.29, 1.82) is 0 Å². The Kier molecular flexibility index (Phi) is 5.70. The number of fused-ring (bicyclic) bond motifs is 2. The highest BCUT2D eigenvalue weighted by Gasteiger charge is 2.34. The second kappa shape index (κ2) is 8.56. The highest BCUT2D eigenvalue weighted by Crippen LogP contribution is 2.44. The number of halogens is 2. The molecule has 0 bridgehead atoms. The zero-order valence-electron chi connectivity index (χ0n) is 18.8. The van der Waals surface area contributed by atoms with Crippen molar-refractivity contribution in [1.82, 2.24) is 9.27 Å². The molecule has 1 N–H and O–H groups in total. The molecule has 1 saturated heterocycles. The van der Waals surface area contributed by atoms with Gasteiger partial charge in [-0.15, -0.1) is 0 Å². The molecule has 1 fully saturated rings. The number of phenolic OH excluding ortho intramolecular Hbond substituents is 1. The number of hydrogen-bond acceptors (Lipinski definition) is 5. The fourth-order valence-electron chi connectivity index (χ4n) is 4.97. The Hall–Kier alpha value is -3.16. The molecule has 0 aliphatic carbocycles. The molecule has 8 heteroatoms. The summed E-state index contributed by atoms with van der Waals surface area (Å²) in [5.74, 6) is -0.566. The second-order valence-electron chi connectivity index (χ2n) is 8.70. The molecule has 1 aliphatic heterocycles. The van der Waals surface area contributed by atoms with Crippen molar-refractivity contribution in [2.45, 2.75) is 25.9 Å². The van der Waals surface area contributed by atoms with E-state index in [1.54, 1.807) is 17.0 Å². The van der Waals surface area contributed by atoms with Crippen LogP contribution in [0.2, 0.25) is 5.02 Å². The molecule has 34 heavy (non-hydrogen) atoms. The van der Waals surface area contributed by atoms with Gasteiger partial charge in [-0.05, 0) is 66.0 Å². The van der Waals surface area contributed by atoms with Crippen molar-refractivity contribution in [3.8, 4) is 16.9 Å². The Morgan fingerprint density at radius 2 is 1.91 bits per heavy atom. The van der Waals surface area contributed by atoms with E-state index in [1.807, 2.05) is 38.1 Å². The molecule has 0 radical (unpaired) electrons. The number of piperazine rings is 1. The van der Waals surface area contributed by atoms with Crippen LogP contribution in [-0.4, -0.2) is 45.5 Å². The normalized spacial score (nSPS) is 18.6. The zero-order valence-corrected chi connectivity index (χ0v) is 20.3. The van der Waals surface area contributed by atoms with Gasteiger partial charge in [0.2, 0.25) is 5.91 Å². The SMILES string of the molecule is C=CC(=O)N1CC(C)N(c2snc3c(F)c(-c4cc(O)cc5ccccc45)c(Cl)cc23)C(C)C1. The first kappa shape index (κ1) is 22.6. The first-order valence-corrected chi connectivity index (χ1v) is 12.1. The number of carbonyl (C=O) groups is 1. The van der Waals surface area contributed by atoms with Gasteiger partial charge in [-0.3, -0.25) is 4.79 Å². The van der Waals surface area contributed by atoms with Crippen molar-refractivity contribution in [2.75, 3.05) is 18.0 Å². The van der Waals surface area contributed by atoms with Gasteiger partial charge in [-0.2, -0.15) is 4.37 Å². The highest BCUT2D eigenvalue weighted by molar-refractivity contribution is 7.11. The van der Waals surface area contributed by atoms with Crippen LogP contribution in [0, 0.1) is 5.82 Å². The maximum Gasteiger partial charge on any atom is 0.246 e. The number of rotatable bonds is 3. The van der Waals surface area contributed by atoms with E-state index >= 15 is 4.39 Å². The van der Waals surface area contributed by atoms with E-state index in [4.69, 9.17) is 11.6 Å². The number of hydrogen-bond donors (Lipinski definition) is 1. The Labute approximate surface area is 205 Å². The fourth-order valence-corrected chi connectivity index (χ4v) is 6.32. The zero-order chi connectivity index (χ0) is 24.1. The predicted octanol–water partition coefficient (Wildman–Crippen LogP) is 6.23. The molecular formula is C26H23ClFN3O2S. The molecule has 4 aromatic rings. The lowest BCUT2D eigenvalue weighted by Gasteiger charge is -2.44. The smallest absolute Gasteiger partial charge is 0.246 e. The number of benzene rings is 3. The van der Waals surface area contributed by atoms with E-state index < -0.39 is 5.82 Å². The van der Waals surface area contributed by atoms with Crippen LogP contribution < -0.4 is 4.90 Å². The molecule has 3 aromatic carbocycles. The van der Waals surface area contributed by atoms with Gasteiger partial charge in [-0.25, -0.2) is 4.39 Å². The fraction of sp³-hybridized carbons (Fsp3) is 0.231. The van der Waals surface area contributed by atoms with E-state index in [2.05, 4.69) is 15.9 Å². The van der Waals surface area contributed by atoms with Gasteiger partial charge in [0.25, 0.3) is 0 Å². The first-order chi connectivity index (χ1) is 16.3. The molecule has 2 atom stereocenters. The van der Waals surface area contributed by atoms with Crippen LogP contribution in [0.25, 0.3) is 32.8 Å². The number of carbonyl (C=O) groups excluding carboxylic acids is 1. The third-order valence-electron chi connectivity index (χ3n) is 6.40. The van der Waals surface area contributed by atoms with E-state index in [9.17, 15) is 9.90 Å². The third-order valence-corrected chi connectivity index (χ3v) is 7.58. The van der Waals surface area contributed by atoms with Gasteiger partial charge in [0.15, 0.2) is 5.82 Å². The Morgan fingerprint density at radius 3 is 2.62 bits per heavy atom. The van der Waals surface area contributed by atoms with Crippen LogP contribution in [-0.2, 0) is 4.79 Å². The van der Waals surface area contributed by atoms with Crippen molar-refractivity contribution >= 4 is 55.7 Å². The number of anilines is 1. The predicted molar refractivity (Wildman–Crippen MR) is 137 cm³/mol. The first-order valence-electron chi connectivity index (χ1n) is 11.0.